The maximum absolute atomic E-state index is 12.5. The van der Waals surface area contributed by atoms with Gasteiger partial charge in [-0.25, -0.2) is 8.42 Å². The Labute approximate surface area is 191 Å². The van der Waals surface area contributed by atoms with Gasteiger partial charge < -0.3 is 10.1 Å². The van der Waals surface area contributed by atoms with Crippen LogP contribution in [0.15, 0.2) is 71.6 Å². The maximum atomic E-state index is 12.5. The zero-order chi connectivity index (χ0) is 22.4. The summed E-state index contributed by atoms with van der Waals surface area (Å²) >= 11 is 12.2. The van der Waals surface area contributed by atoms with Gasteiger partial charge in [-0.2, -0.15) is 0 Å². The van der Waals surface area contributed by atoms with Crippen molar-refractivity contribution in [3.63, 3.8) is 0 Å². The third-order valence-electron chi connectivity index (χ3n) is 4.32. The number of hydrogen-bond acceptors (Lipinski definition) is 4. The van der Waals surface area contributed by atoms with Gasteiger partial charge >= 0.3 is 0 Å². The molecule has 0 aliphatic heterocycles. The molecule has 0 spiro atoms. The van der Waals surface area contributed by atoms with E-state index in [2.05, 4.69) is 10.0 Å². The second kappa shape index (κ2) is 10.0. The van der Waals surface area contributed by atoms with E-state index >= 15 is 0 Å². The Hall–Kier alpha value is -2.74. The molecule has 0 saturated heterocycles. The summed E-state index contributed by atoms with van der Waals surface area (Å²) in [5, 5.41) is 3.50. The van der Waals surface area contributed by atoms with Crippen molar-refractivity contribution in [3.8, 4) is 5.75 Å². The standard InChI is InChI=1S/C22H20Cl2N2O4S/c1-15-7-9-17(14-21(15)24)30-12-11-25-22(27)19-13-16(8-10-20(19)23)26-31(28,29)18-5-3-2-4-6-18/h2-10,13-14,26H,11-12H2,1H3,(H,25,27). The zero-order valence-electron chi connectivity index (χ0n) is 16.6. The van der Waals surface area contributed by atoms with Crippen LogP contribution < -0.4 is 14.8 Å². The van der Waals surface area contributed by atoms with Crippen LogP contribution in [0.25, 0.3) is 0 Å². The number of aryl methyl sites for hydroxylation is 1. The Morgan fingerprint density at radius 2 is 1.71 bits per heavy atom. The number of ether oxygens (including phenoxy) is 1. The van der Waals surface area contributed by atoms with Crippen molar-refractivity contribution in [2.75, 3.05) is 17.9 Å². The highest BCUT2D eigenvalue weighted by Gasteiger charge is 2.16. The van der Waals surface area contributed by atoms with E-state index in [0.29, 0.717) is 10.8 Å². The summed E-state index contributed by atoms with van der Waals surface area (Å²) in [5.74, 6) is 0.150. The molecule has 162 valence electrons. The first-order chi connectivity index (χ1) is 14.8. The van der Waals surface area contributed by atoms with Crippen molar-refractivity contribution in [3.05, 3.63) is 87.9 Å². The smallest absolute Gasteiger partial charge is 0.261 e. The van der Waals surface area contributed by atoms with Crippen LogP contribution in [0, 0.1) is 6.92 Å². The lowest BCUT2D eigenvalue weighted by Crippen LogP contribution is -2.28. The largest absolute Gasteiger partial charge is 0.492 e. The second-order valence-corrected chi connectivity index (χ2v) is 9.13. The van der Waals surface area contributed by atoms with E-state index in [1.54, 1.807) is 30.3 Å². The van der Waals surface area contributed by atoms with Crippen molar-refractivity contribution in [1.82, 2.24) is 5.32 Å². The minimum atomic E-state index is -3.78. The van der Waals surface area contributed by atoms with Gasteiger partial charge in [-0.05, 0) is 55.0 Å². The van der Waals surface area contributed by atoms with Crippen LogP contribution in [0.2, 0.25) is 10.0 Å². The molecule has 3 aromatic carbocycles. The Morgan fingerprint density at radius 3 is 2.42 bits per heavy atom. The lowest BCUT2D eigenvalue weighted by molar-refractivity contribution is 0.0947. The number of carbonyl (C=O) groups is 1. The monoisotopic (exact) mass is 478 g/mol. The minimum absolute atomic E-state index is 0.115. The molecule has 0 fully saturated rings. The molecule has 0 aromatic heterocycles. The van der Waals surface area contributed by atoms with Gasteiger partial charge in [0.1, 0.15) is 12.4 Å². The summed E-state index contributed by atoms with van der Waals surface area (Å²) in [6.45, 7) is 2.34. The fraction of sp³-hybridized carbons (Fsp3) is 0.136. The van der Waals surface area contributed by atoms with E-state index in [1.165, 1.54) is 30.3 Å². The van der Waals surface area contributed by atoms with Crippen LogP contribution in [0.3, 0.4) is 0 Å². The fourth-order valence-electron chi connectivity index (χ4n) is 2.67. The van der Waals surface area contributed by atoms with Crippen LogP contribution in [0.1, 0.15) is 15.9 Å². The summed E-state index contributed by atoms with van der Waals surface area (Å²) in [7, 11) is -3.78. The minimum Gasteiger partial charge on any atom is -0.492 e. The summed E-state index contributed by atoms with van der Waals surface area (Å²) in [5.41, 5.74) is 1.32. The molecule has 31 heavy (non-hydrogen) atoms. The van der Waals surface area contributed by atoms with Crippen LogP contribution in [0.4, 0.5) is 5.69 Å². The topological polar surface area (TPSA) is 84.5 Å². The predicted octanol–water partition coefficient (Wildman–Crippen LogP) is 4.91. The molecule has 2 N–H and O–H groups in total. The Morgan fingerprint density at radius 1 is 0.968 bits per heavy atom. The molecule has 3 rings (SSSR count). The van der Waals surface area contributed by atoms with Crippen molar-refractivity contribution < 1.29 is 17.9 Å². The van der Waals surface area contributed by atoms with E-state index < -0.39 is 15.9 Å². The molecule has 0 atom stereocenters. The molecule has 0 radical (unpaired) electrons. The molecule has 1 amide bonds. The lowest BCUT2D eigenvalue weighted by Gasteiger charge is -2.12. The SMILES string of the molecule is Cc1ccc(OCCNC(=O)c2cc(NS(=O)(=O)c3ccccc3)ccc2Cl)cc1Cl. The Bertz CT molecular complexity index is 1190. The Kier molecular flexibility index (Phi) is 7.43. The predicted molar refractivity (Wildman–Crippen MR) is 123 cm³/mol. The number of rotatable bonds is 8. The van der Waals surface area contributed by atoms with Gasteiger partial charge in [0, 0.05) is 10.7 Å². The molecule has 0 aliphatic rings. The molecule has 0 heterocycles. The molecule has 3 aromatic rings. The van der Waals surface area contributed by atoms with Gasteiger partial charge in [0.15, 0.2) is 0 Å². The van der Waals surface area contributed by atoms with E-state index in [1.807, 2.05) is 13.0 Å². The average molecular weight is 479 g/mol. The van der Waals surface area contributed by atoms with Crippen molar-refractivity contribution >= 4 is 44.8 Å². The van der Waals surface area contributed by atoms with Gasteiger partial charge in [-0.1, -0.05) is 47.5 Å². The fourth-order valence-corrected chi connectivity index (χ4v) is 4.11. The van der Waals surface area contributed by atoms with Gasteiger partial charge in [0.05, 0.1) is 22.0 Å². The number of nitrogens with one attached hydrogen (secondary N) is 2. The van der Waals surface area contributed by atoms with Crippen LogP contribution in [-0.4, -0.2) is 27.5 Å². The van der Waals surface area contributed by atoms with E-state index in [-0.39, 0.29) is 34.3 Å². The lowest BCUT2D eigenvalue weighted by atomic mass is 10.2. The van der Waals surface area contributed by atoms with E-state index in [4.69, 9.17) is 27.9 Å². The van der Waals surface area contributed by atoms with E-state index in [0.717, 1.165) is 5.56 Å². The van der Waals surface area contributed by atoms with Gasteiger partial charge in [-0.3, -0.25) is 9.52 Å². The van der Waals surface area contributed by atoms with Crippen LogP contribution >= 0.6 is 23.2 Å². The third kappa shape index (κ3) is 6.13. The highest BCUT2D eigenvalue weighted by molar-refractivity contribution is 7.92. The molecule has 6 nitrogen and oxygen atoms in total. The van der Waals surface area contributed by atoms with Crippen molar-refractivity contribution in [2.45, 2.75) is 11.8 Å². The van der Waals surface area contributed by atoms with Gasteiger partial charge in [-0.15, -0.1) is 0 Å². The number of amides is 1. The summed E-state index contributed by atoms with van der Waals surface area (Å²) in [6, 6.07) is 17.6. The first-order valence-corrected chi connectivity index (χ1v) is 11.5. The maximum Gasteiger partial charge on any atom is 0.261 e. The third-order valence-corrected chi connectivity index (χ3v) is 6.45. The first-order valence-electron chi connectivity index (χ1n) is 9.31. The number of halogens is 2. The summed E-state index contributed by atoms with van der Waals surface area (Å²) in [4.78, 5) is 12.6. The molecular weight excluding hydrogens is 459 g/mol. The first kappa shape index (κ1) is 22.9. The van der Waals surface area contributed by atoms with Gasteiger partial charge in [0.25, 0.3) is 15.9 Å². The van der Waals surface area contributed by atoms with Crippen molar-refractivity contribution in [2.24, 2.45) is 0 Å². The molecular formula is C22H20Cl2N2O4S. The number of anilines is 1. The van der Waals surface area contributed by atoms with Crippen LogP contribution in [0.5, 0.6) is 5.75 Å². The summed E-state index contributed by atoms with van der Waals surface area (Å²) in [6.07, 6.45) is 0. The van der Waals surface area contributed by atoms with Gasteiger partial charge in [0.2, 0.25) is 0 Å². The quantitative estimate of drug-likeness (QED) is 0.450. The zero-order valence-corrected chi connectivity index (χ0v) is 18.9. The van der Waals surface area contributed by atoms with E-state index in [9.17, 15) is 13.2 Å². The van der Waals surface area contributed by atoms with Crippen LogP contribution in [-0.2, 0) is 10.0 Å². The summed E-state index contributed by atoms with van der Waals surface area (Å²) < 4.78 is 33.0. The molecule has 0 aliphatic carbocycles. The highest BCUT2D eigenvalue weighted by atomic mass is 35.5. The highest BCUT2D eigenvalue weighted by Crippen LogP contribution is 2.23. The molecule has 0 unspecified atom stereocenters. The molecule has 0 saturated carbocycles. The number of benzene rings is 3. The molecule has 9 heteroatoms. The number of hydrogen-bond donors (Lipinski definition) is 2. The Balaban J connectivity index is 1.61. The van der Waals surface area contributed by atoms with Crippen molar-refractivity contribution in [1.29, 1.82) is 0 Å². The average Bonchev–Trinajstić information content (AvgIpc) is 2.75. The second-order valence-electron chi connectivity index (χ2n) is 6.63. The number of sulfonamides is 1. The normalized spacial score (nSPS) is 11.1. The number of carbonyl (C=O) groups excluding carboxylic acids is 1. The molecule has 0 bridgehead atoms.